The van der Waals surface area contributed by atoms with Crippen LogP contribution in [0.2, 0.25) is 0 Å². The van der Waals surface area contributed by atoms with Gasteiger partial charge in [0.2, 0.25) is 0 Å². The van der Waals surface area contributed by atoms with Gasteiger partial charge in [0.1, 0.15) is 0 Å². The maximum absolute atomic E-state index is 11.7. The average molecular weight is 227 g/mol. The number of esters is 1. The van der Waals surface area contributed by atoms with Crippen molar-refractivity contribution < 1.29 is 9.53 Å². The molecular formula is C13H25NO2. The van der Waals surface area contributed by atoms with E-state index in [4.69, 9.17) is 4.74 Å². The Labute approximate surface area is 98.9 Å². The average Bonchev–Trinajstić information content (AvgIpc) is 2.17. The maximum atomic E-state index is 11.7. The molecule has 0 saturated carbocycles. The van der Waals surface area contributed by atoms with Crippen molar-refractivity contribution in [2.45, 2.75) is 52.6 Å². The summed E-state index contributed by atoms with van der Waals surface area (Å²) in [6, 6.07) is 0. The summed E-state index contributed by atoms with van der Waals surface area (Å²) >= 11 is 0. The van der Waals surface area contributed by atoms with Crippen LogP contribution < -0.4 is 5.32 Å². The monoisotopic (exact) mass is 227 g/mol. The van der Waals surface area contributed by atoms with Crippen LogP contribution in [0.5, 0.6) is 0 Å². The second kappa shape index (κ2) is 6.89. The third kappa shape index (κ3) is 5.50. The first-order valence-electron chi connectivity index (χ1n) is 6.48. The number of rotatable bonds is 5. The van der Waals surface area contributed by atoms with E-state index in [-0.39, 0.29) is 12.1 Å². The van der Waals surface area contributed by atoms with Crippen LogP contribution in [0.15, 0.2) is 0 Å². The van der Waals surface area contributed by atoms with Gasteiger partial charge in [-0.25, -0.2) is 0 Å². The van der Waals surface area contributed by atoms with Crippen LogP contribution in [0.4, 0.5) is 0 Å². The Balaban J connectivity index is 2.18. The van der Waals surface area contributed by atoms with Crippen molar-refractivity contribution in [1.82, 2.24) is 5.32 Å². The molecular weight excluding hydrogens is 202 g/mol. The van der Waals surface area contributed by atoms with E-state index < -0.39 is 0 Å². The molecule has 0 spiro atoms. The van der Waals surface area contributed by atoms with Crippen LogP contribution in [0.1, 0.15) is 46.5 Å². The van der Waals surface area contributed by atoms with Gasteiger partial charge < -0.3 is 10.1 Å². The molecule has 0 bridgehead atoms. The van der Waals surface area contributed by atoms with Gasteiger partial charge in [-0.05, 0) is 51.1 Å². The molecule has 1 fully saturated rings. The lowest BCUT2D eigenvalue weighted by Crippen LogP contribution is -2.32. The second-order valence-electron chi connectivity index (χ2n) is 5.35. The first kappa shape index (κ1) is 13.5. The normalized spacial score (nSPS) is 23.1. The standard InChI is InChI=1S/C13H25NO2/c1-10(2)7-11(3)16-13(15)8-12-5-4-6-14-9-12/h10-12,14H,4-9H2,1-3H3. The fourth-order valence-electron chi connectivity index (χ4n) is 2.32. The number of carbonyl (C=O) groups is 1. The summed E-state index contributed by atoms with van der Waals surface area (Å²) in [5.41, 5.74) is 0. The number of nitrogens with one attached hydrogen (secondary N) is 1. The van der Waals surface area contributed by atoms with Crippen LogP contribution in [0.3, 0.4) is 0 Å². The Morgan fingerprint density at radius 1 is 1.44 bits per heavy atom. The van der Waals surface area contributed by atoms with Crippen LogP contribution >= 0.6 is 0 Å². The molecule has 1 aliphatic rings. The van der Waals surface area contributed by atoms with Crippen molar-refractivity contribution in [1.29, 1.82) is 0 Å². The van der Waals surface area contributed by atoms with Gasteiger partial charge in [-0.15, -0.1) is 0 Å². The molecule has 1 rings (SSSR count). The smallest absolute Gasteiger partial charge is 0.306 e. The molecule has 3 heteroatoms. The highest BCUT2D eigenvalue weighted by Crippen LogP contribution is 2.16. The van der Waals surface area contributed by atoms with E-state index in [0.29, 0.717) is 18.3 Å². The minimum Gasteiger partial charge on any atom is -0.463 e. The molecule has 0 amide bonds. The molecule has 0 aromatic carbocycles. The highest BCUT2D eigenvalue weighted by atomic mass is 16.5. The molecule has 1 heterocycles. The molecule has 16 heavy (non-hydrogen) atoms. The summed E-state index contributed by atoms with van der Waals surface area (Å²) in [5.74, 6) is 1.04. The molecule has 94 valence electrons. The summed E-state index contributed by atoms with van der Waals surface area (Å²) < 4.78 is 5.40. The van der Waals surface area contributed by atoms with Crippen molar-refractivity contribution in [3.8, 4) is 0 Å². The lowest BCUT2D eigenvalue weighted by Gasteiger charge is -2.23. The highest BCUT2D eigenvalue weighted by molar-refractivity contribution is 5.69. The quantitative estimate of drug-likeness (QED) is 0.733. The van der Waals surface area contributed by atoms with E-state index in [9.17, 15) is 4.79 Å². The van der Waals surface area contributed by atoms with Gasteiger partial charge in [0.05, 0.1) is 6.10 Å². The minimum atomic E-state index is -0.0261. The van der Waals surface area contributed by atoms with Gasteiger partial charge in [0.25, 0.3) is 0 Å². The van der Waals surface area contributed by atoms with Gasteiger partial charge >= 0.3 is 5.97 Å². The van der Waals surface area contributed by atoms with Gasteiger partial charge in [-0.3, -0.25) is 4.79 Å². The predicted octanol–water partition coefficient (Wildman–Crippen LogP) is 2.35. The number of hydrogen-bond acceptors (Lipinski definition) is 3. The van der Waals surface area contributed by atoms with E-state index in [2.05, 4.69) is 19.2 Å². The molecule has 3 nitrogen and oxygen atoms in total. The highest BCUT2D eigenvalue weighted by Gasteiger charge is 2.19. The predicted molar refractivity (Wildman–Crippen MR) is 65.2 cm³/mol. The zero-order chi connectivity index (χ0) is 12.0. The summed E-state index contributed by atoms with van der Waals surface area (Å²) in [7, 11) is 0. The molecule has 2 unspecified atom stereocenters. The zero-order valence-corrected chi connectivity index (χ0v) is 10.8. The van der Waals surface area contributed by atoms with Crippen molar-refractivity contribution in [2.75, 3.05) is 13.1 Å². The molecule has 0 aromatic heterocycles. The minimum absolute atomic E-state index is 0.0261. The van der Waals surface area contributed by atoms with Gasteiger partial charge in [-0.2, -0.15) is 0 Å². The third-order valence-corrected chi connectivity index (χ3v) is 2.99. The summed E-state index contributed by atoms with van der Waals surface area (Å²) in [4.78, 5) is 11.7. The molecule has 0 aliphatic carbocycles. The van der Waals surface area contributed by atoms with E-state index in [0.717, 1.165) is 25.9 Å². The van der Waals surface area contributed by atoms with Crippen LogP contribution in [0.25, 0.3) is 0 Å². The Kier molecular flexibility index (Phi) is 5.81. The molecule has 1 N–H and O–H groups in total. The molecule has 1 aliphatic heterocycles. The van der Waals surface area contributed by atoms with Crippen molar-refractivity contribution in [3.05, 3.63) is 0 Å². The van der Waals surface area contributed by atoms with E-state index in [1.807, 2.05) is 6.92 Å². The molecule has 2 atom stereocenters. The first-order chi connectivity index (χ1) is 7.58. The van der Waals surface area contributed by atoms with E-state index in [1.165, 1.54) is 6.42 Å². The lowest BCUT2D eigenvalue weighted by atomic mass is 9.96. The summed E-state index contributed by atoms with van der Waals surface area (Å²) in [5, 5.41) is 3.32. The third-order valence-electron chi connectivity index (χ3n) is 2.99. The fourth-order valence-corrected chi connectivity index (χ4v) is 2.32. The first-order valence-corrected chi connectivity index (χ1v) is 6.48. The largest absolute Gasteiger partial charge is 0.463 e. The van der Waals surface area contributed by atoms with Crippen LogP contribution in [0, 0.1) is 11.8 Å². The molecule has 0 radical (unpaired) electrons. The Morgan fingerprint density at radius 2 is 2.19 bits per heavy atom. The van der Waals surface area contributed by atoms with E-state index in [1.54, 1.807) is 0 Å². The SMILES string of the molecule is CC(C)CC(C)OC(=O)CC1CCCNC1. The Morgan fingerprint density at radius 3 is 2.75 bits per heavy atom. The lowest BCUT2D eigenvalue weighted by molar-refractivity contribution is -0.150. The molecule has 1 saturated heterocycles. The topological polar surface area (TPSA) is 38.3 Å². The van der Waals surface area contributed by atoms with Gasteiger partial charge in [0, 0.05) is 6.42 Å². The van der Waals surface area contributed by atoms with Crippen LogP contribution in [-0.2, 0) is 9.53 Å². The summed E-state index contributed by atoms with van der Waals surface area (Å²) in [6.45, 7) is 8.34. The van der Waals surface area contributed by atoms with Crippen LogP contribution in [-0.4, -0.2) is 25.2 Å². The summed E-state index contributed by atoms with van der Waals surface area (Å²) in [6.07, 6.45) is 3.92. The Bertz CT molecular complexity index is 210. The number of hydrogen-bond donors (Lipinski definition) is 1. The van der Waals surface area contributed by atoms with Crippen molar-refractivity contribution in [3.63, 3.8) is 0 Å². The van der Waals surface area contributed by atoms with Gasteiger partial charge in [0.15, 0.2) is 0 Å². The van der Waals surface area contributed by atoms with Crippen molar-refractivity contribution >= 4 is 5.97 Å². The van der Waals surface area contributed by atoms with Gasteiger partial charge in [-0.1, -0.05) is 13.8 Å². The zero-order valence-electron chi connectivity index (χ0n) is 10.8. The van der Waals surface area contributed by atoms with E-state index >= 15 is 0 Å². The second-order valence-corrected chi connectivity index (χ2v) is 5.35. The number of piperidine rings is 1. The number of ether oxygens (including phenoxy) is 1. The molecule has 0 aromatic rings. The Hall–Kier alpha value is -0.570. The maximum Gasteiger partial charge on any atom is 0.306 e. The fraction of sp³-hybridized carbons (Fsp3) is 0.923. The van der Waals surface area contributed by atoms with Crippen molar-refractivity contribution in [2.24, 2.45) is 11.8 Å². The number of carbonyl (C=O) groups excluding carboxylic acids is 1.